The molecule has 0 nitrogen and oxygen atoms in total. The Bertz CT molecular complexity index is 1380. The molecule has 0 bridgehead atoms. The SMILES string of the molecule is CC(Cc1c(C(C)(C)C)c(C(C)(C)C)c(C(C)(C)C)c(C(C)(C)C)c1C(C)(C)C)c1c(C(C)(C)C)ccc(C(C)(C)C)c1C(C)(C)C. The minimum absolute atomic E-state index is 0.00107. The van der Waals surface area contributed by atoms with Crippen molar-refractivity contribution in [2.75, 3.05) is 0 Å². The Hall–Kier alpha value is -1.56. The standard InChI is InChI=1S/C47H80/c1-29(33-31(40(2,3)4)26-27-32(41(5,6)7)36(33)44(14,15)16)28-30-34(42(8,9)10)37(45(17,18)19)39(47(23,24)25)38(46(20,21)22)35(30)43(11,12)13/h26-27,29H,28H2,1-25H3. The van der Waals surface area contributed by atoms with Crippen molar-refractivity contribution in [3.05, 3.63) is 67.8 Å². The van der Waals surface area contributed by atoms with Gasteiger partial charge in [-0.1, -0.05) is 185 Å². The zero-order valence-electron chi connectivity index (χ0n) is 36.4. The molecule has 47 heavy (non-hydrogen) atoms. The van der Waals surface area contributed by atoms with Crippen molar-refractivity contribution < 1.29 is 0 Å². The predicted molar refractivity (Wildman–Crippen MR) is 215 cm³/mol. The highest BCUT2D eigenvalue weighted by Gasteiger charge is 2.43. The molecule has 0 N–H and O–H groups in total. The normalized spacial score (nSPS) is 15.3. The minimum Gasteiger partial charge on any atom is -0.0581 e. The van der Waals surface area contributed by atoms with Gasteiger partial charge in [-0.25, -0.2) is 0 Å². The summed E-state index contributed by atoms with van der Waals surface area (Å²) in [6, 6.07) is 4.95. The van der Waals surface area contributed by atoms with Crippen LogP contribution in [0.25, 0.3) is 0 Å². The largest absolute Gasteiger partial charge is 0.0581 e. The van der Waals surface area contributed by atoms with E-state index < -0.39 is 0 Å². The van der Waals surface area contributed by atoms with Crippen LogP contribution in [0.4, 0.5) is 0 Å². The van der Waals surface area contributed by atoms with E-state index in [1.165, 1.54) is 11.1 Å². The molecule has 2 rings (SSSR count). The van der Waals surface area contributed by atoms with E-state index in [9.17, 15) is 0 Å². The number of hydrogen-bond acceptors (Lipinski definition) is 0. The van der Waals surface area contributed by atoms with Gasteiger partial charge in [0.15, 0.2) is 0 Å². The van der Waals surface area contributed by atoms with Gasteiger partial charge in [0.2, 0.25) is 0 Å². The van der Waals surface area contributed by atoms with Crippen LogP contribution < -0.4 is 0 Å². The van der Waals surface area contributed by atoms with Crippen LogP contribution in [0.1, 0.15) is 235 Å². The van der Waals surface area contributed by atoms with Gasteiger partial charge < -0.3 is 0 Å². The molecule has 0 aliphatic rings. The van der Waals surface area contributed by atoms with Gasteiger partial charge in [0.25, 0.3) is 0 Å². The van der Waals surface area contributed by atoms with Crippen molar-refractivity contribution in [2.45, 2.75) is 229 Å². The molecule has 0 aromatic heterocycles. The van der Waals surface area contributed by atoms with Crippen LogP contribution >= 0.6 is 0 Å². The molecule has 1 atom stereocenters. The zero-order chi connectivity index (χ0) is 37.5. The molecule has 2 aromatic carbocycles. The monoisotopic (exact) mass is 645 g/mol. The Kier molecular flexibility index (Phi) is 10.9. The second-order valence-electron chi connectivity index (χ2n) is 23.4. The number of rotatable bonds is 3. The average Bonchev–Trinajstić information content (AvgIpc) is 2.76. The molecule has 0 heteroatoms. The van der Waals surface area contributed by atoms with Gasteiger partial charge >= 0.3 is 0 Å². The van der Waals surface area contributed by atoms with Crippen molar-refractivity contribution in [3.63, 3.8) is 0 Å². The fraction of sp³-hybridized carbons (Fsp3) is 0.745. The van der Waals surface area contributed by atoms with Crippen molar-refractivity contribution in [3.8, 4) is 0 Å². The molecule has 0 saturated heterocycles. The maximum atomic E-state index is 2.55. The summed E-state index contributed by atoms with van der Waals surface area (Å²) >= 11 is 0. The third kappa shape index (κ3) is 8.79. The Morgan fingerprint density at radius 2 is 0.596 bits per heavy atom. The first kappa shape index (κ1) is 41.6. The molecule has 0 aliphatic heterocycles. The molecule has 0 amide bonds. The lowest BCUT2D eigenvalue weighted by molar-refractivity contribution is 0.451. The first-order valence-corrected chi connectivity index (χ1v) is 18.8. The van der Waals surface area contributed by atoms with Gasteiger partial charge in [-0.15, -0.1) is 0 Å². The minimum atomic E-state index is -0.0128. The maximum absolute atomic E-state index is 2.55. The van der Waals surface area contributed by atoms with Crippen LogP contribution in [0.15, 0.2) is 12.1 Å². The third-order valence-corrected chi connectivity index (χ3v) is 9.97. The Labute approximate surface area is 295 Å². The molecule has 2 aromatic rings. The van der Waals surface area contributed by atoms with Crippen LogP contribution in [0, 0.1) is 0 Å². The Balaban J connectivity index is 3.47. The molecular weight excluding hydrogens is 565 g/mol. The van der Waals surface area contributed by atoms with Crippen LogP contribution in [0.5, 0.6) is 0 Å². The third-order valence-electron chi connectivity index (χ3n) is 9.97. The molecule has 0 aliphatic carbocycles. The lowest BCUT2D eigenvalue weighted by Crippen LogP contribution is -2.37. The summed E-state index contributed by atoms with van der Waals surface area (Å²) in [5, 5.41) is 0. The van der Waals surface area contributed by atoms with E-state index in [0.717, 1.165) is 6.42 Å². The maximum Gasteiger partial charge on any atom is -0.0126 e. The van der Waals surface area contributed by atoms with E-state index >= 15 is 0 Å². The van der Waals surface area contributed by atoms with Crippen molar-refractivity contribution in [2.24, 2.45) is 0 Å². The molecule has 0 saturated carbocycles. The molecule has 0 radical (unpaired) electrons. The summed E-state index contributed by atoms with van der Waals surface area (Å²) in [6.45, 7) is 61.3. The highest BCUT2D eigenvalue weighted by Crippen LogP contribution is 2.53. The van der Waals surface area contributed by atoms with E-state index in [1.54, 1.807) is 44.5 Å². The van der Waals surface area contributed by atoms with E-state index in [4.69, 9.17) is 0 Å². The fourth-order valence-corrected chi connectivity index (χ4v) is 8.54. The number of benzene rings is 2. The van der Waals surface area contributed by atoms with Crippen molar-refractivity contribution in [1.82, 2.24) is 0 Å². The lowest BCUT2D eigenvalue weighted by Gasteiger charge is -2.46. The van der Waals surface area contributed by atoms with E-state index in [0.29, 0.717) is 5.92 Å². The van der Waals surface area contributed by atoms with Gasteiger partial charge in [-0.2, -0.15) is 0 Å². The summed E-state index contributed by atoms with van der Waals surface area (Å²) in [5.41, 5.74) is 15.9. The van der Waals surface area contributed by atoms with Crippen LogP contribution in [-0.2, 0) is 49.7 Å². The fourth-order valence-electron chi connectivity index (χ4n) is 8.54. The lowest BCUT2D eigenvalue weighted by atomic mass is 9.58. The van der Waals surface area contributed by atoms with Gasteiger partial charge in [-0.3, -0.25) is 0 Å². The van der Waals surface area contributed by atoms with Crippen LogP contribution in [0.2, 0.25) is 0 Å². The van der Waals surface area contributed by atoms with E-state index in [1.807, 2.05) is 0 Å². The molecular formula is C47H80. The van der Waals surface area contributed by atoms with Gasteiger partial charge in [-0.05, 0) is 111 Å². The first-order chi connectivity index (χ1) is 20.4. The summed E-state index contributed by atoms with van der Waals surface area (Å²) in [4.78, 5) is 0. The summed E-state index contributed by atoms with van der Waals surface area (Å²) < 4.78 is 0. The highest BCUT2D eigenvalue weighted by molar-refractivity contribution is 5.63. The molecule has 268 valence electrons. The smallest absolute Gasteiger partial charge is 0.0126 e. The van der Waals surface area contributed by atoms with E-state index in [-0.39, 0.29) is 43.3 Å². The summed E-state index contributed by atoms with van der Waals surface area (Å²) in [7, 11) is 0. The van der Waals surface area contributed by atoms with Gasteiger partial charge in [0.1, 0.15) is 0 Å². The Morgan fingerprint density at radius 3 is 0.851 bits per heavy atom. The second-order valence-corrected chi connectivity index (χ2v) is 23.4. The van der Waals surface area contributed by atoms with Gasteiger partial charge in [0.05, 0.1) is 0 Å². The predicted octanol–water partition coefficient (Wildman–Crippen LogP) is 14.4. The molecule has 0 heterocycles. The summed E-state index contributed by atoms with van der Waals surface area (Å²) in [6.07, 6.45) is 1.04. The van der Waals surface area contributed by atoms with Crippen molar-refractivity contribution >= 4 is 0 Å². The quantitative estimate of drug-likeness (QED) is 0.312. The van der Waals surface area contributed by atoms with E-state index in [2.05, 4.69) is 185 Å². The summed E-state index contributed by atoms with van der Waals surface area (Å²) in [5.74, 6) is 0.351. The van der Waals surface area contributed by atoms with Crippen LogP contribution in [0.3, 0.4) is 0 Å². The first-order valence-electron chi connectivity index (χ1n) is 18.8. The molecule has 0 spiro atoms. The zero-order valence-corrected chi connectivity index (χ0v) is 36.4. The van der Waals surface area contributed by atoms with Crippen molar-refractivity contribution in [1.29, 1.82) is 0 Å². The second kappa shape index (κ2) is 12.3. The Morgan fingerprint density at radius 1 is 0.340 bits per heavy atom. The van der Waals surface area contributed by atoms with Gasteiger partial charge in [0, 0.05) is 0 Å². The topological polar surface area (TPSA) is 0 Å². The average molecular weight is 645 g/mol. The molecule has 0 fully saturated rings. The molecule has 1 unspecified atom stereocenters. The van der Waals surface area contributed by atoms with Crippen LogP contribution in [-0.4, -0.2) is 0 Å². The number of hydrogen-bond donors (Lipinski definition) is 0. The highest BCUT2D eigenvalue weighted by atomic mass is 14.5.